The summed E-state index contributed by atoms with van der Waals surface area (Å²) in [7, 11) is 0. The van der Waals surface area contributed by atoms with Gasteiger partial charge in [0.15, 0.2) is 0 Å². The molecule has 0 spiro atoms. The zero-order chi connectivity index (χ0) is 10.8. The molecule has 0 radical (unpaired) electrons. The van der Waals surface area contributed by atoms with Crippen molar-refractivity contribution in [3.8, 4) is 0 Å². The van der Waals surface area contributed by atoms with Crippen LogP contribution in [0.4, 0.5) is 0 Å². The lowest BCUT2D eigenvalue weighted by Gasteiger charge is -2.04. The highest BCUT2D eigenvalue weighted by Crippen LogP contribution is 2.19. The molecule has 0 aliphatic carbocycles. The molecule has 76 valence electrons. The van der Waals surface area contributed by atoms with Crippen LogP contribution in [0.15, 0.2) is 36.4 Å². The number of rotatable bonds is 2. The number of carbonyl (C=O) groups excluding carboxylic acids is 1. The molecule has 1 amide bonds. The Morgan fingerprint density at radius 1 is 1.20 bits per heavy atom. The summed E-state index contributed by atoms with van der Waals surface area (Å²) in [6, 6.07) is 11.3. The van der Waals surface area contributed by atoms with Gasteiger partial charge in [-0.2, -0.15) is 0 Å². The molecular weight excluding hydrogens is 188 g/mol. The van der Waals surface area contributed by atoms with Gasteiger partial charge in [-0.15, -0.1) is 0 Å². The van der Waals surface area contributed by atoms with Crippen LogP contribution in [0, 0.1) is 0 Å². The van der Waals surface area contributed by atoms with Gasteiger partial charge in [-0.1, -0.05) is 24.3 Å². The lowest BCUT2D eigenvalue weighted by molar-refractivity contribution is 0.100. The second kappa shape index (κ2) is 3.71. The monoisotopic (exact) mass is 200 g/mol. The van der Waals surface area contributed by atoms with Crippen molar-refractivity contribution >= 4 is 16.7 Å². The average Bonchev–Trinajstić information content (AvgIpc) is 2.27. The predicted octanol–water partition coefficient (Wildman–Crippen LogP) is 1.40. The van der Waals surface area contributed by atoms with E-state index in [9.17, 15) is 4.79 Å². The Morgan fingerprint density at radius 3 is 2.67 bits per heavy atom. The van der Waals surface area contributed by atoms with Crippen LogP contribution in [0.3, 0.4) is 0 Å². The maximum Gasteiger partial charge on any atom is 0.249 e. The van der Waals surface area contributed by atoms with Crippen LogP contribution in [0.2, 0.25) is 0 Å². The fourth-order valence-electron chi connectivity index (χ4n) is 1.67. The third-order valence-corrected chi connectivity index (χ3v) is 2.45. The van der Waals surface area contributed by atoms with E-state index in [-0.39, 0.29) is 0 Å². The normalized spacial score (nSPS) is 10.5. The molecule has 2 aromatic rings. The van der Waals surface area contributed by atoms with E-state index in [1.165, 1.54) is 0 Å². The Morgan fingerprint density at radius 2 is 2.00 bits per heavy atom. The highest BCUT2D eigenvalue weighted by Gasteiger charge is 2.05. The number of fused-ring (bicyclic) bond motifs is 1. The van der Waals surface area contributed by atoms with Crippen molar-refractivity contribution in [2.24, 2.45) is 11.5 Å². The summed E-state index contributed by atoms with van der Waals surface area (Å²) in [5.41, 5.74) is 12.4. The van der Waals surface area contributed by atoms with E-state index in [0.717, 1.165) is 16.3 Å². The summed E-state index contributed by atoms with van der Waals surface area (Å²) in [4.78, 5) is 11.2. The molecule has 3 nitrogen and oxygen atoms in total. The average molecular weight is 200 g/mol. The Balaban J connectivity index is 2.72. The van der Waals surface area contributed by atoms with Gasteiger partial charge in [0, 0.05) is 12.1 Å². The maximum atomic E-state index is 11.2. The summed E-state index contributed by atoms with van der Waals surface area (Å²) in [5.74, 6) is -0.402. The SMILES string of the molecule is NCc1ccc2c(C(N)=O)cccc2c1. The molecule has 3 heteroatoms. The molecule has 0 aliphatic heterocycles. The van der Waals surface area contributed by atoms with Crippen LogP contribution in [0.5, 0.6) is 0 Å². The topological polar surface area (TPSA) is 69.1 Å². The van der Waals surface area contributed by atoms with Crippen molar-refractivity contribution in [2.75, 3.05) is 0 Å². The lowest BCUT2D eigenvalue weighted by atomic mass is 10.0. The molecule has 0 saturated heterocycles. The zero-order valence-electron chi connectivity index (χ0n) is 8.23. The van der Waals surface area contributed by atoms with Crippen LogP contribution in [0.1, 0.15) is 15.9 Å². The van der Waals surface area contributed by atoms with Gasteiger partial charge in [-0.05, 0) is 28.5 Å². The zero-order valence-corrected chi connectivity index (χ0v) is 8.23. The summed E-state index contributed by atoms with van der Waals surface area (Å²) >= 11 is 0. The van der Waals surface area contributed by atoms with E-state index in [0.29, 0.717) is 12.1 Å². The molecule has 2 aromatic carbocycles. The van der Waals surface area contributed by atoms with Gasteiger partial charge in [0.1, 0.15) is 0 Å². The maximum absolute atomic E-state index is 11.2. The third-order valence-electron chi connectivity index (χ3n) is 2.45. The molecule has 0 unspecified atom stereocenters. The fourth-order valence-corrected chi connectivity index (χ4v) is 1.67. The standard InChI is InChI=1S/C12H12N2O/c13-7-8-4-5-10-9(6-8)2-1-3-11(10)12(14)15/h1-6H,7,13H2,(H2,14,15). The van der Waals surface area contributed by atoms with Crippen molar-refractivity contribution in [1.82, 2.24) is 0 Å². The summed E-state index contributed by atoms with van der Waals surface area (Å²) < 4.78 is 0. The molecule has 0 atom stereocenters. The first kappa shape index (κ1) is 9.68. The van der Waals surface area contributed by atoms with Gasteiger partial charge in [0.25, 0.3) is 0 Å². The molecule has 0 aromatic heterocycles. The number of amides is 1. The molecule has 2 rings (SSSR count). The quantitative estimate of drug-likeness (QED) is 0.769. The molecule has 4 N–H and O–H groups in total. The lowest BCUT2D eigenvalue weighted by Crippen LogP contribution is -2.11. The number of primary amides is 1. The summed E-state index contributed by atoms with van der Waals surface area (Å²) in [6.07, 6.45) is 0. The van der Waals surface area contributed by atoms with Crippen molar-refractivity contribution in [1.29, 1.82) is 0 Å². The number of hydrogen-bond donors (Lipinski definition) is 2. The van der Waals surface area contributed by atoms with Crippen LogP contribution in [-0.4, -0.2) is 5.91 Å². The van der Waals surface area contributed by atoms with Gasteiger partial charge in [0.2, 0.25) is 5.91 Å². The highest BCUT2D eigenvalue weighted by atomic mass is 16.1. The van der Waals surface area contributed by atoms with Gasteiger partial charge in [0.05, 0.1) is 0 Å². The Labute approximate surface area is 87.7 Å². The highest BCUT2D eigenvalue weighted by molar-refractivity contribution is 6.06. The number of benzene rings is 2. The number of carbonyl (C=O) groups is 1. The van der Waals surface area contributed by atoms with Gasteiger partial charge < -0.3 is 11.5 Å². The molecule has 15 heavy (non-hydrogen) atoms. The smallest absolute Gasteiger partial charge is 0.249 e. The molecular formula is C12H12N2O. The molecule has 0 bridgehead atoms. The largest absolute Gasteiger partial charge is 0.366 e. The minimum Gasteiger partial charge on any atom is -0.366 e. The third kappa shape index (κ3) is 1.69. The second-order valence-corrected chi connectivity index (χ2v) is 3.43. The summed E-state index contributed by atoms with van der Waals surface area (Å²) in [6.45, 7) is 0.497. The van der Waals surface area contributed by atoms with E-state index in [2.05, 4.69) is 0 Å². The van der Waals surface area contributed by atoms with Crippen molar-refractivity contribution in [3.63, 3.8) is 0 Å². The van der Waals surface area contributed by atoms with Crippen LogP contribution >= 0.6 is 0 Å². The first-order chi connectivity index (χ1) is 7.22. The molecule has 0 fully saturated rings. The summed E-state index contributed by atoms with van der Waals surface area (Å²) in [5, 5.41) is 1.87. The fraction of sp³-hybridized carbons (Fsp3) is 0.0833. The first-order valence-corrected chi connectivity index (χ1v) is 4.74. The minimum atomic E-state index is -0.402. The molecule has 0 aliphatic rings. The van der Waals surface area contributed by atoms with Crippen LogP contribution in [-0.2, 0) is 6.54 Å². The second-order valence-electron chi connectivity index (χ2n) is 3.43. The molecule has 0 heterocycles. The van der Waals surface area contributed by atoms with Gasteiger partial charge in [-0.3, -0.25) is 4.79 Å². The van der Waals surface area contributed by atoms with Crippen molar-refractivity contribution in [2.45, 2.75) is 6.54 Å². The first-order valence-electron chi connectivity index (χ1n) is 4.74. The van der Waals surface area contributed by atoms with Crippen LogP contribution < -0.4 is 11.5 Å². The van der Waals surface area contributed by atoms with Gasteiger partial charge >= 0.3 is 0 Å². The van der Waals surface area contributed by atoms with E-state index in [4.69, 9.17) is 11.5 Å². The predicted molar refractivity (Wildman–Crippen MR) is 60.4 cm³/mol. The van der Waals surface area contributed by atoms with Gasteiger partial charge in [-0.25, -0.2) is 0 Å². The minimum absolute atomic E-state index is 0.402. The number of nitrogens with two attached hydrogens (primary N) is 2. The Bertz CT molecular complexity index is 520. The Kier molecular flexibility index (Phi) is 2.39. The Hall–Kier alpha value is -1.87. The van der Waals surface area contributed by atoms with E-state index in [1.807, 2.05) is 30.3 Å². The van der Waals surface area contributed by atoms with Crippen LogP contribution in [0.25, 0.3) is 10.8 Å². The van der Waals surface area contributed by atoms with E-state index >= 15 is 0 Å². The molecule has 0 saturated carbocycles. The van der Waals surface area contributed by atoms with Crippen molar-refractivity contribution < 1.29 is 4.79 Å². The van der Waals surface area contributed by atoms with Crippen molar-refractivity contribution in [3.05, 3.63) is 47.5 Å². The van der Waals surface area contributed by atoms with E-state index in [1.54, 1.807) is 6.07 Å². The number of hydrogen-bond acceptors (Lipinski definition) is 2. The van der Waals surface area contributed by atoms with E-state index < -0.39 is 5.91 Å².